The van der Waals surface area contributed by atoms with Crippen LogP contribution in [0.3, 0.4) is 0 Å². The molecular weight excluding hydrogens is 188 g/mol. The lowest BCUT2D eigenvalue weighted by Gasteiger charge is -2.17. The molecule has 0 aromatic rings. The Kier molecular flexibility index (Phi) is 5.63. The number of aliphatic carboxylic acids is 1. The van der Waals surface area contributed by atoms with Crippen molar-refractivity contribution in [2.45, 2.75) is 38.1 Å². The summed E-state index contributed by atoms with van der Waals surface area (Å²) >= 11 is 0. The number of carboxylic acid groups (broad SMARTS) is 1. The van der Waals surface area contributed by atoms with Crippen LogP contribution < -0.4 is 11.1 Å². The third-order valence-corrected chi connectivity index (χ3v) is 1.72. The SMILES string of the molecule is CC(O)(O)NCCCC[C@H](N)C(=O)O. The van der Waals surface area contributed by atoms with Gasteiger partial charge in [-0.2, -0.15) is 0 Å². The van der Waals surface area contributed by atoms with Crippen molar-refractivity contribution in [3.63, 3.8) is 0 Å². The first-order valence-corrected chi connectivity index (χ1v) is 4.51. The smallest absolute Gasteiger partial charge is 0.320 e. The number of hydrogen-bond donors (Lipinski definition) is 5. The van der Waals surface area contributed by atoms with E-state index in [2.05, 4.69) is 5.32 Å². The van der Waals surface area contributed by atoms with E-state index < -0.39 is 17.9 Å². The van der Waals surface area contributed by atoms with E-state index in [1.165, 1.54) is 6.92 Å². The second-order valence-corrected chi connectivity index (χ2v) is 3.39. The van der Waals surface area contributed by atoms with Gasteiger partial charge in [0.15, 0.2) is 0 Å². The summed E-state index contributed by atoms with van der Waals surface area (Å²) in [5, 5.41) is 28.6. The van der Waals surface area contributed by atoms with Crippen LogP contribution in [0.1, 0.15) is 26.2 Å². The number of nitrogens with two attached hydrogens (primary N) is 1. The first kappa shape index (κ1) is 13.3. The molecule has 0 fully saturated rings. The molecule has 1 atom stereocenters. The molecule has 0 amide bonds. The van der Waals surface area contributed by atoms with Crippen molar-refractivity contribution in [1.82, 2.24) is 5.32 Å². The molecule has 0 aliphatic carbocycles. The first-order valence-electron chi connectivity index (χ1n) is 4.51. The zero-order valence-electron chi connectivity index (χ0n) is 8.23. The van der Waals surface area contributed by atoms with Crippen molar-refractivity contribution < 1.29 is 20.1 Å². The quantitative estimate of drug-likeness (QED) is 0.264. The summed E-state index contributed by atoms with van der Waals surface area (Å²) in [5.74, 6) is -2.87. The van der Waals surface area contributed by atoms with Crippen molar-refractivity contribution in [2.75, 3.05) is 6.54 Å². The van der Waals surface area contributed by atoms with E-state index in [1.807, 2.05) is 0 Å². The lowest BCUT2D eigenvalue weighted by molar-refractivity contribution is -0.169. The highest BCUT2D eigenvalue weighted by atomic mass is 16.5. The Hall–Kier alpha value is -0.690. The summed E-state index contributed by atoms with van der Waals surface area (Å²) in [6.07, 6.45) is 1.68. The van der Waals surface area contributed by atoms with E-state index in [4.69, 9.17) is 21.1 Å². The van der Waals surface area contributed by atoms with Crippen molar-refractivity contribution in [3.8, 4) is 0 Å². The topological polar surface area (TPSA) is 116 Å². The third-order valence-electron chi connectivity index (χ3n) is 1.72. The van der Waals surface area contributed by atoms with Gasteiger partial charge in [-0.25, -0.2) is 0 Å². The number of carbonyl (C=O) groups is 1. The number of nitrogens with one attached hydrogen (secondary N) is 1. The molecule has 0 unspecified atom stereocenters. The second-order valence-electron chi connectivity index (χ2n) is 3.39. The molecule has 6 N–H and O–H groups in total. The van der Waals surface area contributed by atoms with Crippen molar-refractivity contribution in [2.24, 2.45) is 5.73 Å². The molecule has 0 spiro atoms. The number of hydrogen-bond acceptors (Lipinski definition) is 5. The van der Waals surface area contributed by atoms with Gasteiger partial charge in [0.05, 0.1) is 0 Å². The Morgan fingerprint density at radius 2 is 2.07 bits per heavy atom. The molecule has 0 aromatic heterocycles. The number of unbranched alkanes of at least 4 members (excludes halogenated alkanes) is 1. The fraction of sp³-hybridized carbons (Fsp3) is 0.875. The zero-order valence-corrected chi connectivity index (χ0v) is 8.23. The van der Waals surface area contributed by atoms with Gasteiger partial charge in [-0.1, -0.05) is 6.42 Å². The second kappa shape index (κ2) is 5.92. The Bertz CT molecular complexity index is 179. The Labute approximate surface area is 82.7 Å². The summed E-state index contributed by atoms with van der Waals surface area (Å²) in [4.78, 5) is 10.3. The molecular formula is C8H18N2O4. The molecule has 6 heteroatoms. The molecule has 0 saturated carbocycles. The minimum Gasteiger partial charge on any atom is -0.480 e. The molecule has 14 heavy (non-hydrogen) atoms. The third kappa shape index (κ3) is 7.93. The molecule has 6 nitrogen and oxygen atoms in total. The van der Waals surface area contributed by atoms with Gasteiger partial charge in [0, 0.05) is 13.5 Å². The number of aliphatic hydroxyl groups is 2. The molecule has 0 heterocycles. The highest BCUT2D eigenvalue weighted by Crippen LogP contribution is 1.99. The highest BCUT2D eigenvalue weighted by molar-refractivity contribution is 5.72. The van der Waals surface area contributed by atoms with Crippen molar-refractivity contribution in [3.05, 3.63) is 0 Å². The van der Waals surface area contributed by atoms with Gasteiger partial charge < -0.3 is 21.1 Å². The maximum Gasteiger partial charge on any atom is 0.320 e. The summed E-state index contributed by atoms with van der Waals surface area (Å²) in [6.45, 7) is 1.63. The average Bonchev–Trinajstić information content (AvgIpc) is 2.01. The first-order chi connectivity index (χ1) is 6.33. The average molecular weight is 206 g/mol. The zero-order chi connectivity index (χ0) is 11.2. The van der Waals surface area contributed by atoms with Gasteiger partial charge in [0.1, 0.15) is 6.04 Å². The molecule has 0 rings (SSSR count). The monoisotopic (exact) mass is 206 g/mol. The van der Waals surface area contributed by atoms with Crippen LogP contribution in [-0.4, -0.2) is 39.8 Å². The van der Waals surface area contributed by atoms with Crippen LogP contribution in [-0.2, 0) is 4.79 Å². The van der Waals surface area contributed by atoms with Gasteiger partial charge >= 0.3 is 5.97 Å². The lowest BCUT2D eigenvalue weighted by Crippen LogP contribution is -2.42. The molecule has 0 saturated heterocycles. The van der Waals surface area contributed by atoms with E-state index >= 15 is 0 Å². The van der Waals surface area contributed by atoms with Gasteiger partial charge in [-0.15, -0.1) is 0 Å². The fourth-order valence-corrected chi connectivity index (χ4v) is 0.938. The van der Waals surface area contributed by atoms with Gasteiger partial charge in [0.2, 0.25) is 5.91 Å². The van der Waals surface area contributed by atoms with Gasteiger partial charge in [-0.3, -0.25) is 10.1 Å². The molecule has 0 bridgehead atoms. The maximum absolute atomic E-state index is 10.3. The van der Waals surface area contributed by atoms with Crippen molar-refractivity contribution in [1.29, 1.82) is 0 Å². The van der Waals surface area contributed by atoms with Crippen LogP contribution in [0.4, 0.5) is 0 Å². The van der Waals surface area contributed by atoms with Crippen LogP contribution in [0.25, 0.3) is 0 Å². The minimum absolute atomic E-state index is 0.393. The van der Waals surface area contributed by atoms with E-state index in [0.717, 1.165) is 0 Å². The fourth-order valence-electron chi connectivity index (χ4n) is 0.938. The van der Waals surface area contributed by atoms with E-state index in [9.17, 15) is 4.79 Å². The summed E-state index contributed by atoms with van der Waals surface area (Å²) < 4.78 is 0. The lowest BCUT2D eigenvalue weighted by atomic mass is 10.1. The Morgan fingerprint density at radius 3 is 2.50 bits per heavy atom. The molecule has 84 valence electrons. The highest BCUT2D eigenvalue weighted by Gasteiger charge is 2.13. The van der Waals surface area contributed by atoms with Crippen LogP contribution in [0.2, 0.25) is 0 Å². The largest absolute Gasteiger partial charge is 0.480 e. The summed E-state index contributed by atoms with van der Waals surface area (Å²) in [5.41, 5.74) is 5.27. The van der Waals surface area contributed by atoms with E-state index in [1.54, 1.807) is 0 Å². The molecule has 0 aromatic carbocycles. The van der Waals surface area contributed by atoms with Crippen molar-refractivity contribution >= 4 is 5.97 Å². The number of rotatable bonds is 7. The Morgan fingerprint density at radius 1 is 1.50 bits per heavy atom. The number of carboxylic acids is 1. The molecule has 0 aliphatic rings. The van der Waals surface area contributed by atoms with Gasteiger partial charge in [-0.05, 0) is 12.8 Å². The van der Waals surface area contributed by atoms with Crippen LogP contribution in [0.15, 0.2) is 0 Å². The summed E-state index contributed by atoms with van der Waals surface area (Å²) in [6, 6.07) is -0.829. The van der Waals surface area contributed by atoms with Crippen LogP contribution in [0.5, 0.6) is 0 Å². The minimum atomic E-state index is -1.87. The predicted octanol–water partition coefficient (Wildman–Crippen LogP) is -1.18. The van der Waals surface area contributed by atoms with Gasteiger partial charge in [0.25, 0.3) is 0 Å². The predicted molar refractivity (Wildman–Crippen MR) is 50.3 cm³/mol. The van der Waals surface area contributed by atoms with Crippen LogP contribution in [0, 0.1) is 0 Å². The molecule has 0 aliphatic heterocycles. The van der Waals surface area contributed by atoms with E-state index in [-0.39, 0.29) is 0 Å². The normalized spacial score (nSPS) is 14.0. The Balaban J connectivity index is 3.35. The standard InChI is InChI=1S/C8H18N2O4/c1-8(13,14)10-5-3-2-4-6(9)7(11)12/h6,10,13-14H,2-5,9H2,1H3,(H,11,12)/t6-/m0/s1. The van der Waals surface area contributed by atoms with E-state index in [0.29, 0.717) is 25.8 Å². The van der Waals surface area contributed by atoms with Crippen LogP contribution >= 0.6 is 0 Å². The maximum atomic E-state index is 10.3. The molecule has 0 radical (unpaired) electrons. The summed E-state index contributed by atoms with van der Waals surface area (Å²) in [7, 11) is 0.